The molecular formula is C21H16N4O2S3. The second-order valence-corrected chi connectivity index (χ2v) is 9.65. The molecule has 9 heteroatoms. The van der Waals surface area contributed by atoms with Crippen molar-refractivity contribution in [2.45, 2.75) is 20.7 Å². The van der Waals surface area contributed by atoms with E-state index in [-0.39, 0.29) is 11.7 Å². The minimum Gasteiger partial charge on any atom is -0.467 e. The summed E-state index contributed by atoms with van der Waals surface area (Å²) >= 11 is 4.52. The Bertz CT molecular complexity index is 1130. The average molecular weight is 453 g/mol. The summed E-state index contributed by atoms with van der Waals surface area (Å²) in [5, 5.41) is 12.2. The average Bonchev–Trinajstić information content (AvgIpc) is 3.46. The van der Waals surface area contributed by atoms with Gasteiger partial charge in [0.15, 0.2) is 4.34 Å². The van der Waals surface area contributed by atoms with Gasteiger partial charge in [-0.2, -0.15) is 0 Å². The first-order valence-corrected chi connectivity index (χ1v) is 11.8. The van der Waals surface area contributed by atoms with Crippen molar-refractivity contribution >= 4 is 57.3 Å². The van der Waals surface area contributed by atoms with Crippen molar-refractivity contribution in [2.75, 3.05) is 16.0 Å². The molecule has 0 saturated carbocycles. The highest BCUT2D eigenvalue weighted by Crippen LogP contribution is 2.48. The molecule has 2 aromatic carbocycles. The third-order valence-corrected chi connectivity index (χ3v) is 7.53. The highest BCUT2D eigenvalue weighted by Gasteiger charge is 2.27. The summed E-state index contributed by atoms with van der Waals surface area (Å²) in [7, 11) is 0. The predicted octanol–water partition coefficient (Wildman–Crippen LogP) is 5.66. The van der Waals surface area contributed by atoms with Crippen LogP contribution in [0, 0.1) is 0 Å². The lowest BCUT2D eigenvalue weighted by Gasteiger charge is -2.30. The molecule has 0 radical (unpaired) electrons. The molecule has 150 valence electrons. The second kappa shape index (κ2) is 8.55. The van der Waals surface area contributed by atoms with Crippen molar-refractivity contribution in [1.29, 1.82) is 0 Å². The number of para-hydroxylation sites is 2. The molecule has 0 bridgehead atoms. The van der Waals surface area contributed by atoms with Gasteiger partial charge in [0.25, 0.3) is 0 Å². The van der Waals surface area contributed by atoms with E-state index < -0.39 is 0 Å². The third kappa shape index (κ3) is 3.96. The molecule has 30 heavy (non-hydrogen) atoms. The Morgan fingerprint density at radius 1 is 1.00 bits per heavy atom. The summed E-state index contributed by atoms with van der Waals surface area (Å²) in [4.78, 5) is 17.2. The number of furan rings is 1. The van der Waals surface area contributed by atoms with Crippen LogP contribution in [0.2, 0.25) is 0 Å². The van der Waals surface area contributed by atoms with E-state index >= 15 is 0 Å². The van der Waals surface area contributed by atoms with Gasteiger partial charge in [-0.05, 0) is 36.4 Å². The zero-order chi connectivity index (χ0) is 20.3. The fraction of sp³-hybridized carbons (Fsp3) is 0.0952. The van der Waals surface area contributed by atoms with Crippen molar-refractivity contribution in [3.8, 4) is 0 Å². The maximum Gasteiger partial charge on any atom is 0.242 e. The number of nitrogens with zero attached hydrogens (tertiary/aromatic N) is 3. The topological polar surface area (TPSA) is 71.3 Å². The molecule has 1 aliphatic rings. The molecule has 1 N–H and O–H groups in total. The molecule has 0 saturated heterocycles. The Morgan fingerprint density at radius 3 is 2.43 bits per heavy atom. The molecule has 4 aromatic rings. The van der Waals surface area contributed by atoms with Crippen molar-refractivity contribution in [2.24, 2.45) is 0 Å². The molecule has 0 aliphatic carbocycles. The number of anilines is 3. The highest BCUT2D eigenvalue weighted by atomic mass is 32.2. The third-order valence-electron chi connectivity index (χ3n) is 4.40. The lowest BCUT2D eigenvalue weighted by molar-refractivity contribution is -0.115. The number of hydrogen-bond acceptors (Lipinski definition) is 8. The van der Waals surface area contributed by atoms with Crippen LogP contribution in [0.3, 0.4) is 0 Å². The summed E-state index contributed by atoms with van der Waals surface area (Å²) < 4.78 is 6.05. The van der Waals surface area contributed by atoms with Gasteiger partial charge >= 0.3 is 0 Å². The lowest BCUT2D eigenvalue weighted by Crippen LogP contribution is -2.29. The molecule has 1 aliphatic heterocycles. The standard InChI is InChI=1S/C21H16N4O2S3/c26-19(13-28-21-24-23-20(30-21)22-12-14-6-5-11-27-14)25-15-7-1-3-9-17(15)29-18-10-4-2-8-16(18)25/h1-11H,12-13H2,(H,22,23). The molecule has 0 unspecified atom stereocenters. The number of aromatic nitrogens is 2. The lowest BCUT2D eigenvalue weighted by atomic mass is 10.2. The van der Waals surface area contributed by atoms with E-state index in [9.17, 15) is 4.79 Å². The monoisotopic (exact) mass is 452 g/mol. The molecule has 3 heterocycles. The molecule has 0 spiro atoms. The van der Waals surface area contributed by atoms with Gasteiger partial charge in [0.1, 0.15) is 5.76 Å². The summed E-state index contributed by atoms with van der Waals surface area (Å²) in [5.41, 5.74) is 1.84. The van der Waals surface area contributed by atoms with Gasteiger partial charge in [-0.15, -0.1) is 10.2 Å². The SMILES string of the molecule is O=C(CSc1nnc(NCc2ccco2)s1)N1c2ccccc2Sc2ccccc21. The molecule has 5 rings (SSSR count). The number of benzene rings is 2. The number of thioether (sulfide) groups is 1. The first-order valence-electron chi connectivity index (χ1n) is 9.19. The van der Waals surface area contributed by atoms with Gasteiger partial charge in [-0.1, -0.05) is 59.1 Å². The maximum atomic E-state index is 13.2. The molecule has 6 nitrogen and oxygen atoms in total. The Kier molecular flexibility index (Phi) is 5.48. The number of hydrogen-bond donors (Lipinski definition) is 1. The van der Waals surface area contributed by atoms with E-state index in [2.05, 4.69) is 15.5 Å². The fourth-order valence-corrected chi connectivity index (χ4v) is 5.73. The van der Waals surface area contributed by atoms with Crippen LogP contribution in [0.15, 0.2) is 85.5 Å². The van der Waals surface area contributed by atoms with E-state index in [4.69, 9.17) is 4.42 Å². The van der Waals surface area contributed by atoms with Gasteiger partial charge in [-0.3, -0.25) is 9.69 Å². The number of fused-ring (bicyclic) bond motifs is 2. The number of carbonyl (C=O) groups excluding carboxylic acids is 1. The minimum absolute atomic E-state index is 0.0143. The first kappa shape index (κ1) is 19.2. The van der Waals surface area contributed by atoms with Crippen molar-refractivity contribution in [3.05, 3.63) is 72.7 Å². The van der Waals surface area contributed by atoms with Gasteiger partial charge < -0.3 is 9.73 Å². The Labute approximate surface area is 185 Å². The number of carbonyl (C=O) groups is 1. The normalized spacial score (nSPS) is 12.3. The van der Waals surface area contributed by atoms with Crippen molar-refractivity contribution < 1.29 is 9.21 Å². The summed E-state index contributed by atoms with van der Waals surface area (Å²) in [5.74, 6) is 1.12. The molecule has 1 amide bonds. The van der Waals surface area contributed by atoms with Gasteiger partial charge in [0.2, 0.25) is 11.0 Å². The Morgan fingerprint density at radius 2 is 1.73 bits per heavy atom. The first-order chi connectivity index (χ1) is 14.8. The van der Waals surface area contributed by atoms with Crippen LogP contribution in [-0.2, 0) is 11.3 Å². The maximum absolute atomic E-state index is 13.2. The molecule has 0 fully saturated rings. The van der Waals surface area contributed by atoms with Crippen molar-refractivity contribution in [3.63, 3.8) is 0 Å². The Balaban J connectivity index is 1.28. The molecule has 0 atom stereocenters. The number of rotatable bonds is 6. The number of nitrogens with one attached hydrogen (secondary N) is 1. The van der Waals surface area contributed by atoms with Crippen LogP contribution in [-0.4, -0.2) is 21.9 Å². The summed E-state index contributed by atoms with van der Waals surface area (Å²) in [6.45, 7) is 0.546. The van der Waals surface area contributed by atoms with Crippen LogP contribution in [0.4, 0.5) is 16.5 Å². The van der Waals surface area contributed by atoms with Crippen molar-refractivity contribution in [1.82, 2.24) is 10.2 Å². The zero-order valence-corrected chi connectivity index (χ0v) is 18.1. The fourth-order valence-electron chi connectivity index (χ4n) is 3.08. The summed E-state index contributed by atoms with van der Waals surface area (Å²) in [6, 6.07) is 19.7. The molecular weight excluding hydrogens is 436 g/mol. The van der Waals surface area contributed by atoms with Gasteiger partial charge in [-0.25, -0.2) is 0 Å². The van der Waals surface area contributed by atoms with E-state index in [1.807, 2.05) is 65.6 Å². The van der Waals surface area contributed by atoms with E-state index in [0.717, 1.165) is 31.3 Å². The van der Waals surface area contributed by atoms with Crippen LogP contribution in [0.25, 0.3) is 0 Å². The van der Waals surface area contributed by atoms with Gasteiger partial charge in [0.05, 0.1) is 29.9 Å². The minimum atomic E-state index is 0.0143. The number of amides is 1. The van der Waals surface area contributed by atoms with Crippen LogP contribution >= 0.6 is 34.9 Å². The Hall–Kier alpha value is -2.75. The molecule has 2 aromatic heterocycles. The van der Waals surface area contributed by atoms with E-state index in [1.165, 1.54) is 23.1 Å². The predicted molar refractivity (Wildman–Crippen MR) is 121 cm³/mol. The van der Waals surface area contributed by atoms with Crippen LogP contribution in [0.5, 0.6) is 0 Å². The van der Waals surface area contributed by atoms with Gasteiger partial charge in [0, 0.05) is 9.79 Å². The zero-order valence-electron chi connectivity index (χ0n) is 15.6. The van der Waals surface area contributed by atoms with E-state index in [1.54, 1.807) is 18.0 Å². The second-order valence-electron chi connectivity index (χ2n) is 6.36. The summed E-state index contributed by atoms with van der Waals surface area (Å²) in [6.07, 6.45) is 1.64. The van der Waals surface area contributed by atoms with E-state index in [0.29, 0.717) is 11.7 Å². The van der Waals surface area contributed by atoms with Crippen LogP contribution in [0.1, 0.15) is 5.76 Å². The quantitative estimate of drug-likeness (QED) is 0.378. The largest absolute Gasteiger partial charge is 0.467 e. The van der Waals surface area contributed by atoms with Crippen LogP contribution < -0.4 is 10.2 Å². The highest BCUT2D eigenvalue weighted by molar-refractivity contribution is 8.01. The smallest absolute Gasteiger partial charge is 0.242 e.